The number of nitriles is 1. The maximum absolute atomic E-state index is 8.93. The smallest absolute Gasteiger partial charge is 0.0995 e. The van der Waals surface area contributed by atoms with Gasteiger partial charge in [0.2, 0.25) is 0 Å². The van der Waals surface area contributed by atoms with E-state index in [-0.39, 0.29) is 0 Å². The molecule has 0 aliphatic carbocycles. The molecule has 0 spiro atoms. The summed E-state index contributed by atoms with van der Waals surface area (Å²) >= 11 is 0. The Morgan fingerprint density at radius 2 is 2.33 bits per heavy atom. The summed E-state index contributed by atoms with van der Waals surface area (Å²) in [6.07, 6.45) is 0.449. The van der Waals surface area contributed by atoms with Crippen molar-refractivity contribution >= 4 is 8.30 Å². The third-order valence-electron chi connectivity index (χ3n) is 1.40. The maximum atomic E-state index is 8.93. The molecule has 1 aromatic rings. The fraction of sp³-hybridized carbons (Fsp3) is 0.125. The van der Waals surface area contributed by atoms with Crippen molar-refractivity contribution in [3.05, 3.63) is 35.4 Å². The second kappa shape index (κ2) is 4.18. The molecule has 0 aliphatic heterocycles. The molecule has 0 saturated heterocycles. The van der Waals surface area contributed by atoms with Gasteiger partial charge in [0.25, 0.3) is 0 Å². The Morgan fingerprint density at radius 3 is 2.92 bits per heavy atom. The van der Waals surface area contributed by atoms with Crippen LogP contribution in [0.1, 0.15) is 11.1 Å². The molecule has 0 bridgehead atoms. The lowest BCUT2D eigenvalue weighted by Crippen LogP contribution is -1.91. The number of hydrogen-bond donors (Lipinski definition) is 2. The van der Waals surface area contributed by atoms with Gasteiger partial charge in [-0.2, -0.15) is 5.26 Å². The Morgan fingerprint density at radius 1 is 1.58 bits per heavy atom. The first kappa shape index (κ1) is 9.15. The van der Waals surface area contributed by atoms with E-state index in [1.165, 1.54) is 0 Å². The van der Waals surface area contributed by atoms with E-state index in [0.29, 0.717) is 11.7 Å². The van der Waals surface area contributed by atoms with E-state index in [1.54, 1.807) is 18.2 Å². The molecule has 0 heterocycles. The van der Waals surface area contributed by atoms with Crippen molar-refractivity contribution in [2.75, 3.05) is 0 Å². The highest BCUT2D eigenvalue weighted by molar-refractivity contribution is 7.47. The topological polar surface area (TPSA) is 70.0 Å². The first-order chi connectivity index (χ1) is 5.72. The molecular weight excluding hydrogens is 171 g/mol. The normalized spacial score (nSPS) is 12.1. The Balaban J connectivity index is 2.81. The zero-order chi connectivity index (χ0) is 8.97. The van der Waals surface area contributed by atoms with Crippen LogP contribution in [0.25, 0.3) is 0 Å². The highest BCUT2D eigenvalue weighted by Gasteiger charge is 1.99. The Labute approximate surface area is 72.3 Å². The van der Waals surface area contributed by atoms with Gasteiger partial charge in [-0.1, -0.05) is 12.1 Å². The molecule has 0 aliphatic rings. The lowest BCUT2D eigenvalue weighted by molar-refractivity contribution is 0.624. The second-order valence-electron chi connectivity index (χ2n) is 2.41. The number of rotatable bonds is 2. The molecular formula is C8H9N2OP. The zero-order valence-corrected chi connectivity index (χ0v) is 7.33. The minimum absolute atomic E-state index is 0.449. The second-order valence-corrected chi connectivity index (χ2v) is 3.60. The molecule has 62 valence electrons. The maximum Gasteiger partial charge on any atom is 0.0995 e. The van der Waals surface area contributed by atoms with E-state index in [0.717, 1.165) is 5.56 Å². The van der Waals surface area contributed by atoms with Gasteiger partial charge in [0.05, 0.1) is 19.9 Å². The van der Waals surface area contributed by atoms with Crippen molar-refractivity contribution in [1.82, 2.24) is 0 Å². The summed E-state index contributed by atoms with van der Waals surface area (Å²) in [7, 11) is -1.40. The molecule has 0 aromatic heterocycles. The lowest BCUT2D eigenvalue weighted by atomic mass is 10.2. The zero-order valence-electron chi connectivity index (χ0n) is 6.44. The van der Waals surface area contributed by atoms with Crippen molar-refractivity contribution < 1.29 is 4.89 Å². The molecule has 1 atom stereocenters. The summed E-state index contributed by atoms with van der Waals surface area (Å²) in [5.41, 5.74) is 6.76. The van der Waals surface area contributed by atoms with Crippen LogP contribution < -0.4 is 5.50 Å². The van der Waals surface area contributed by atoms with Crippen LogP contribution in [0.15, 0.2) is 24.3 Å². The quantitative estimate of drug-likeness (QED) is 0.674. The predicted molar refractivity (Wildman–Crippen MR) is 48.2 cm³/mol. The van der Waals surface area contributed by atoms with Gasteiger partial charge in [-0.15, -0.1) is 0 Å². The highest BCUT2D eigenvalue weighted by Crippen LogP contribution is 2.25. The van der Waals surface area contributed by atoms with Crippen molar-refractivity contribution in [2.45, 2.75) is 6.16 Å². The predicted octanol–water partition coefficient (Wildman–Crippen LogP) is 1.32. The summed E-state index contributed by atoms with van der Waals surface area (Å²) in [5.74, 6) is 0. The Bertz CT molecular complexity index is 306. The molecule has 0 radical (unpaired) electrons. The summed E-state index contributed by atoms with van der Waals surface area (Å²) in [6, 6.07) is 9.11. The van der Waals surface area contributed by atoms with Gasteiger partial charge in [-0.25, -0.2) is 0 Å². The largest absolute Gasteiger partial charge is 0.359 e. The van der Waals surface area contributed by atoms with E-state index in [9.17, 15) is 0 Å². The summed E-state index contributed by atoms with van der Waals surface area (Å²) in [4.78, 5) is 8.93. The minimum atomic E-state index is -1.40. The standard InChI is InChI=1S/C8H9N2OP/c9-5-7-2-1-3-8(4-7)6-12(10)11/h1-4,11H,6,10H2. The molecule has 3 nitrogen and oxygen atoms in total. The minimum Gasteiger partial charge on any atom is -0.359 e. The fourth-order valence-corrected chi connectivity index (χ4v) is 1.50. The number of nitrogens with two attached hydrogens (primary N) is 1. The third kappa shape index (κ3) is 2.60. The summed E-state index contributed by atoms with van der Waals surface area (Å²) in [6.45, 7) is 0. The van der Waals surface area contributed by atoms with E-state index < -0.39 is 8.30 Å². The van der Waals surface area contributed by atoms with Crippen LogP contribution in [0.4, 0.5) is 0 Å². The van der Waals surface area contributed by atoms with E-state index in [2.05, 4.69) is 0 Å². The van der Waals surface area contributed by atoms with Crippen LogP contribution in [-0.4, -0.2) is 4.89 Å². The van der Waals surface area contributed by atoms with Crippen LogP contribution >= 0.6 is 8.30 Å². The van der Waals surface area contributed by atoms with E-state index in [4.69, 9.17) is 15.7 Å². The molecule has 0 amide bonds. The number of hydrogen-bond acceptors (Lipinski definition) is 3. The fourth-order valence-electron chi connectivity index (χ4n) is 0.926. The molecule has 1 aromatic carbocycles. The average molecular weight is 180 g/mol. The van der Waals surface area contributed by atoms with Gasteiger partial charge in [0, 0.05) is 6.16 Å². The van der Waals surface area contributed by atoms with Crippen molar-refractivity contribution in [1.29, 1.82) is 5.26 Å². The molecule has 4 heteroatoms. The summed E-state index contributed by atoms with van der Waals surface area (Å²) < 4.78 is 0. The van der Waals surface area contributed by atoms with Crippen LogP contribution in [-0.2, 0) is 6.16 Å². The Kier molecular flexibility index (Phi) is 3.19. The van der Waals surface area contributed by atoms with Crippen LogP contribution in [0.3, 0.4) is 0 Å². The third-order valence-corrected chi connectivity index (χ3v) is 2.09. The van der Waals surface area contributed by atoms with Gasteiger partial charge in [0.1, 0.15) is 0 Å². The average Bonchev–Trinajstić information content (AvgIpc) is 2.03. The molecule has 1 rings (SSSR count). The molecule has 3 N–H and O–H groups in total. The van der Waals surface area contributed by atoms with Crippen molar-refractivity contribution in [2.24, 2.45) is 5.50 Å². The highest BCUT2D eigenvalue weighted by atomic mass is 31.2. The Hall–Kier alpha value is -0.940. The molecule has 1 unspecified atom stereocenters. The van der Waals surface area contributed by atoms with Gasteiger partial charge in [-0.3, -0.25) is 5.50 Å². The van der Waals surface area contributed by atoms with Crippen LogP contribution in [0.5, 0.6) is 0 Å². The molecule has 0 fully saturated rings. The van der Waals surface area contributed by atoms with Crippen LogP contribution in [0.2, 0.25) is 0 Å². The monoisotopic (exact) mass is 180 g/mol. The van der Waals surface area contributed by atoms with Gasteiger partial charge in [-0.05, 0) is 17.7 Å². The van der Waals surface area contributed by atoms with Crippen molar-refractivity contribution in [3.63, 3.8) is 0 Å². The van der Waals surface area contributed by atoms with Gasteiger partial charge < -0.3 is 4.89 Å². The van der Waals surface area contributed by atoms with E-state index in [1.807, 2.05) is 12.1 Å². The molecule has 12 heavy (non-hydrogen) atoms. The first-order valence-corrected chi connectivity index (χ1v) is 4.97. The lowest BCUT2D eigenvalue weighted by Gasteiger charge is -2.02. The first-order valence-electron chi connectivity index (χ1n) is 3.42. The number of nitrogens with zero attached hydrogens (tertiary/aromatic N) is 1. The van der Waals surface area contributed by atoms with Gasteiger partial charge >= 0.3 is 0 Å². The van der Waals surface area contributed by atoms with Crippen molar-refractivity contribution in [3.8, 4) is 6.07 Å². The van der Waals surface area contributed by atoms with Gasteiger partial charge in [0.15, 0.2) is 0 Å². The number of benzene rings is 1. The SMILES string of the molecule is N#Cc1cccc(CP(N)O)c1. The van der Waals surface area contributed by atoms with E-state index >= 15 is 0 Å². The van der Waals surface area contributed by atoms with Crippen LogP contribution in [0, 0.1) is 11.3 Å². The summed E-state index contributed by atoms with van der Waals surface area (Å²) in [5, 5.41) is 8.56. The molecule has 0 saturated carbocycles.